The second kappa shape index (κ2) is 7.68. The van der Waals surface area contributed by atoms with Gasteiger partial charge in [-0.05, 0) is 18.2 Å². The number of nitro benzene ring substituents is 2. The van der Waals surface area contributed by atoms with Crippen molar-refractivity contribution in [2.24, 2.45) is 0 Å². The molecule has 0 saturated carbocycles. The summed E-state index contributed by atoms with van der Waals surface area (Å²) in [4.78, 5) is 31.8. The first-order valence-electron chi connectivity index (χ1n) is 6.77. The Bertz CT molecular complexity index is 762. The van der Waals surface area contributed by atoms with E-state index in [1.807, 2.05) is 0 Å². The molecule has 0 aliphatic heterocycles. The zero-order valence-electron chi connectivity index (χ0n) is 12.3. The highest BCUT2D eigenvalue weighted by Crippen LogP contribution is 2.30. The van der Waals surface area contributed by atoms with Crippen molar-refractivity contribution in [3.63, 3.8) is 0 Å². The maximum atomic E-state index is 11.7. The second-order valence-electron chi connectivity index (χ2n) is 4.52. The first-order valence-corrected chi connectivity index (χ1v) is 6.77. The van der Waals surface area contributed by atoms with Gasteiger partial charge in [0, 0.05) is 6.07 Å². The fraction of sp³-hybridized carbons (Fsp3) is 0.133. The molecule has 0 N–H and O–H groups in total. The Morgan fingerprint density at radius 1 is 0.958 bits per heavy atom. The van der Waals surface area contributed by atoms with Crippen molar-refractivity contribution >= 4 is 17.3 Å². The molecular formula is C15H12N2O7. The Morgan fingerprint density at radius 2 is 1.67 bits per heavy atom. The summed E-state index contributed by atoms with van der Waals surface area (Å²) in [5.41, 5.74) is -0.568. The van der Waals surface area contributed by atoms with Crippen molar-refractivity contribution in [2.75, 3.05) is 13.2 Å². The summed E-state index contributed by atoms with van der Waals surface area (Å²) < 4.78 is 10.1. The molecule has 0 heterocycles. The summed E-state index contributed by atoms with van der Waals surface area (Å²) in [6.07, 6.45) is 0. The average molecular weight is 332 g/mol. The fourth-order valence-electron chi connectivity index (χ4n) is 1.83. The lowest BCUT2D eigenvalue weighted by atomic mass is 10.2. The predicted molar refractivity (Wildman–Crippen MR) is 82.0 cm³/mol. The van der Waals surface area contributed by atoms with Crippen molar-refractivity contribution in [1.82, 2.24) is 0 Å². The van der Waals surface area contributed by atoms with Crippen LogP contribution in [0.2, 0.25) is 0 Å². The molecule has 0 saturated heterocycles. The van der Waals surface area contributed by atoms with Crippen LogP contribution in [0.4, 0.5) is 11.4 Å². The van der Waals surface area contributed by atoms with Crippen LogP contribution in [0.25, 0.3) is 0 Å². The van der Waals surface area contributed by atoms with Gasteiger partial charge in [0.05, 0.1) is 21.5 Å². The highest BCUT2D eigenvalue weighted by atomic mass is 16.6. The van der Waals surface area contributed by atoms with Crippen molar-refractivity contribution in [2.45, 2.75) is 0 Å². The van der Waals surface area contributed by atoms with Gasteiger partial charge in [-0.3, -0.25) is 20.2 Å². The molecule has 24 heavy (non-hydrogen) atoms. The van der Waals surface area contributed by atoms with Gasteiger partial charge < -0.3 is 9.47 Å². The van der Waals surface area contributed by atoms with E-state index in [1.54, 1.807) is 30.3 Å². The molecule has 2 rings (SSSR count). The normalized spacial score (nSPS) is 10.0. The van der Waals surface area contributed by atoms with Gasteiger partial charge in [0.25, 0.3) is 5.69 Å². The van der Waals surface area contributed by atoms with E-state index in [0.717, 1.165) is 18.2 Å². The van der Waals surface area contributed by atoms with Crippen molar-refractivity contribution in [1.29, 1.82) is 0 Å². The van der Waals surface area contributed by atoms with E-state index in [-0.39, 0.29) is 19.0 Å². The predicted octanol–water partition coefficient (Wildman–Crippen LogP) is 2.74. The van der Waals surface area contributed by atoms with E-state index in [2.05, 4.69) is 0 Å². The van der Waals surface area contributed by atoms with Gasteiger partial charge in [0.15, 0.2) is 5.75 Å². The lowest BCUT2D eigenvalue weighted by Crippen LogP contribution is -2.12. The largest absolute Gasteiger partial charge is 0.483 e. The topological polar surface area (TPSA) is 122 Å². The van der Waals surface area contributed by atoms with E-state index in [1.165, 1.54) is 0 Å². The molecule has 124 valence electrons. The van der Waals surface area contributed by atoms with E-state index in [0.29, 0.717) is 5.56 Å². The molecule has 0 fully saturated rings. The number of rotatable bonds is 7. The minimum Gasteiger partial charge on any atom is -0.483 e. The molecule has 0 unspecified atom stereocenters. The first-order chi connectivity index (χ1) is 11.5. The molecule has 0 aliphatic rings. The molecule has 0 spiro atoms. The molecule has 2 aromatic carbocycles. The van der Waals surface area contributed by atoms with Crippen LogP contribution in [-0.2, 0) is 4.74 Å². The summed E-state index contributed by atoms with van der Waals surface area (Å²) in [6, 6.07) is 11.3. The summed E-state index contributed by atoms with van der Waals surface area (Å²) in [5.74, 6) is -0.682. The number of hydrogen-bond donors (Lipinski definition) is 0. The lowest BCUT2D eigenvalue weighted by Gasteiger charge is -2.07. The number of carbonyl (C=O) groups is 1. The molecule has 0 amide bonds. The third-order valence-electron chi connectivity index (χ3n) is 2.93. The molecule has 0 aromatic heterocycles. The van der Waals surface area contributed by atoms with Crippen LogP contribution in [0.1, 0.15) is 10.4 Å². The maximum absolute atomic E-state index is 11.7. The van der Waals surface area contributed by atoms with E-state index in [4.69, 9.17) is 9.47 Å². The van der Waals surface area contributed by atoms with E-state index in [9.17, 15) is 25.0 Å². The smallest absolute Gasteiger partial charge is 0.338 e. The number of non-ortho nitro benzene ring substituents is 1. The Balaban J connectivity index is 1.93. The van der Waals surface area contributed by atoms with Crippen molar-refractivity contribution in [3.05, 3.63) is 74.3 Å². The highest BCUT2D eigenvalue weighted by molar-refractivity contribution is 5.89. The summed E-state index contributed by atoms with van der Waals surface area (Å²) in [6.45, 7) is -0.251. The summed E-state index contributed by atoms with van der Waals surface area (Å²) in [7, 11) is 0. The third kappa shape index (κ3) is 4.26. The Labute approximate surface area is 135 Å². The van der Waals surface area contributed by atoms with Gasteiger partial charge in [-0.25, -0.2) is 4.79 Å². The molecule has 9 nitrogen and oxygen atoms in total. The lowest BCUT2D eigenvalue weighted by molar-refractivity contribution is -0.394. The molecule has 9 heteroatoms. The zero-order chi connectivity index (χ0) is 17.5. The average Bonchev–Trinajstić information content (AvgIpc) is 2.59. The van der Waals surface area contributed by atoms with Gasteiger partial charge >= 0.3 is 11.7 Å². The summed E-state index contributed by atoms with van der Waals surface area (Å²) >= 11 is 0. The van der Waals surface area contributed by atoms with Gasteiger partial charge in [-0.1, -0.05) is 18.2 Å². The highest BCUT2D eigenvalue weighted by Gasteiger charge is 2.20. The molecule has 0 atom stereocenters. The number of nitro groups is 2. The Morgan fingerprint density at radius 3 is 2.29 bits per heavy atom. The van der Waals surface area contributed by atoms with Gasteiger partial charge in [-0.2, -0.15) is 0 Å². The SMILES string of the molecule is O=C(OCCOc1ccc([N+](=O)[O-])cc1[N+](=O)[O-])c1ccccc1. The van der Waals surface area contributed by atoms with Crippen LogP contribution in [-0.4, -0.2) is 29.0 Å². The molecule has 0 bridgehead atoms. The third-order valence-corrected chi connectivity index (χ3v) is 2.93. The Kier molecular flexibility index (Phi) is 5.40. The standard InChI is InChI=1S/C15H12N2O7/c18-15(11-4-2-1-3-5-11)24-9-8-23-14-7-6-12(16(19)20)10-13(14)17(21)22/h1-7,10H,8-9H2. The number of ether oxygens (including phenoxy) is 2. The minimum atomic E-state index is -0.779. The van der Waals surface area contributed by atoms with Crippen molar-refractivity contribution in [3.8, 4) is 5.75 Å². The van der Waals surface area contributed by atoms with E-state index >= 15 is 0 Å². The quantitative estimate of drug-likeness (QED) is 0.330. The number of nitrogens with zero attached hydrogens (tertiary/aromatic N) is 2. The van der Waals surface area contributed by atoms with Crippen LogP contribution < -0.4 is 4.74 Å². The van der Waals surface area contributed by atoms with Gasteiger partial charge in [0.1, 0.15) is 13.2 Å². The maximum Gasteiger partial charge on any atom is 0.338 e. The number of hydrogen-bond acceptors (Lipinski definition) is 7. The minimum absolute atomic E-state index is 0.123. The number of esters is 1. The van der Waals surface area contributed by atoms with Crippen LogP contribution in [0.3, 0.4) is 0 Å². The number of benzene rings is 2. The zero-order valence-corrected chi connectivity index (χ0v) is 12.3. The van der Waals surface area contributed by atoms with Crippen LogP contribution in [0.5, 0.6) is 5.75 Å². The van der Waals surface area contributed by atoms with Crippen molar-refractivity contribution < 1.29 is 24.1 Å². The van der Waals surface area contributed by atoms with Crippen LogP contribution in [0.15, 0.2) is 48.5 Å². The van der Waals surface area contributed by atoms with Crippen LogP contribution >= 0.6 is 0 Å². The van der Waals surface area contributed by atoms with Gasteiger partial charge in [-0.15, -0.1) is 0 Å². The fourth-order valence-corrected chi connectivity index (χ4v) is 1.83. The molecule has 2 aromatic rings. The number of carbonyl (C=O) groups excluding carboxylic acids is 1. The molecule has 0 aliphatic carbocycles. The first kappa shape index (κ1) is 16.9. The Hall–Kier alpha value is -3.49. The van der Waals surface area contributed by atoms with Crippen LogP contribution in [0, 0.1) is 20.2 Å². The molecular weight excluding hydrogens is 320 g/mol. The summed E-state index contributed by atoms with van der Waals surface area (Å²) in [5, 5.41) is 21.6. The molecule has 0 radical (unpaired) electrons. The van der Waals surface area contributed by atoms with E-state index < -0.39 is 27.2 Å². The van der Waals surface area contributed by atoms with Gasteiger partial charge in [0.2, 0.25) is 0 Å². The monoisotopic (exact) mass is 332 g/mol. The second-order valence-corrected chi connectivity index (χ2v) is 4.52.